The van der Waals surface area contributed by atoms with Gasteiger partial charge in [0.05, 0.1) is 5.02 Å². The number of halogens is 1. The van der Waals surface area contributed by atoms with Gasteiger partial charge in [-0.05, 0) is 42.3 Å². The van der Waals surface area contributed by atoms with E-state index in [1.807, 2.05) is 36.6 Å². The molecule has 6 heteroatoms. The van der Waals surface area contributed by atoms with Gasteiger partial charge in [0.15, 0.2) is 0 Å². The first-order chi connectivity index (χ1) is 10.2. The summed E-state index contributed by atoms with van der Waals surface area (Å²) in [5.74, 6) is 1.25. The summed E-state index contributed by atoms with van der Waals surface area (Å²) in [5.41, 5.74) is 1.23. The predicted octanol–water partition coefficient (Wildman–Crippen LogP) is 4.93. The fourth-order valence-electron chi connectivity index (χ4n) is 1.85. The summed E-state index contributed by atoms with van der Waals surface area (Å²) in [6, 6.07) is 11.1. The number of rotatable bonds is 2. The number of furan rings is 1. The highest BCUT2D eigenvalue weighted by Gasteiger charge is 2.21. The molecule has 3 rings (SSSR count). The molecule has 0 unspecified atom stereocenters. The minimum absolute atomic E-state index is 0.0601. The molecule has 1 aliphatic heterocycles. The minimum Gasteiger partial charge on any atom is -0.457 e. The molecular weight excluding hydrogens is 326 g/mol. The lowest BCUT2D eigenvalue weighted by atomic mass is 10.2. The fraction of sp³-hybridized carbons (Fsp3) is 0.0667. The van der Waals surface area contributed by atoms with E-state index in [1.54, 1.807) is 12.1 Å². The van der Waals surface area contributed by atoms with E-state index < -0.39 is 0 Å². The number of carbonyl (C=O) groups is 1. The normalized spacial score (nSPS) is 16.6. The molecule has 106 valence electrons. The molecule has 0 spiro atoms. The third-order valence-electron chi connectivity index (χ3n) is 2.82. The SMILES string of the molecule is CSC1=NC(=Cc2ccc(-c3ccccc3Cl)o2)C(=O)S1. The number of thioether (sulfide) groups is 2. The second kappa shape index (κ2) is 6.13. The molecule has 0 bridgehead atoms. The number of benzene rings is 1. The molecule has 0 saturated carbocycles. The Balaban J connectivity index is 1.91. The van der Waals surface area contributed by atoms with Gasteiger partial charge >= 0.3 is 0 Å². The van der Waals surface area contributed by atoms with Gasteiger partial charge in [-0.15, -0.1) is 11.8 Å². The summed E-state index contributed by atoms with van der Waals surface area (Å²) in [6.07, 6.45) is 3.54. The van der Waals surface area contributed by atoms with Crippen LogP contribution < -0.4 is 0 Å². The third-order valence-corrected chi connectivity index (χ3v) is 5.00. The number of nitrogens with zero attached hydrogens (tertiary/aromatic N) is 1. The van der Waals surface area contributed by atoms with Crippen LogP contribution >= 0.6 is 35.1 Å². The monoisotopic (exact) mass is 335 g/mol. The molecular formula is C15H10ClNO2S2. The summed E-state index contributed by atoms with van der Waals surface area (Å²) in [6.45, 7) is 0. The molecule has 1 aromatic heterocycles. The molecule has 0 fully saturated rings. The van der Waals surface area contributed by atoms with Crippen molar-refractivity contribution in [3.05, 3.63) is 52.9 Å². The van der Waals surface area contributed by atoms with Gasteiger partial charge in [-0.2, -0.15) is 0 Å². The van der Waals surface area contributed by atoms with Crippen molar-refractivity contribution in [2.24, 2.45) is 4.99 Å². The van der Waals surface area contributed by atoms with Crippen LogP contribution in [0.4, 0.5) is 0 Å². The Kier molecular flexibility index (Phi) is 4.24. The predicted molar refractivity (Wildman–Crippen MR) is 90.7 cm³/mol. The van der Waals surface area contributed by atoms with Gasteiger partial charge in [-0.3, -0.25) is 4.79 Å². The average molecular weight is 336 g/mol. The van der Waals surface area contributed by atoms with E-state index in [4.69, 9.17) is 16.0 Å². The lowest BCUT2D eigenvalue weighted by Gasteiger charge is -1.99. The number of hydrogen-bond donors (Lipinski definition) is 0. The van der Waals surface area contributed by atoms with Crippen LogP contribution in [-0.4, -0.2) is 15.7 Å². The van der Waals surface area contributed by atoms with Crippen LogP contribution in [0, 0.1) is 0 Å². The zero-order valence-corrected chi connectivity index (χ0v) is 13.4. The van der Waals surface area contributed by atoms with Crippen molar-refractivity contribution in [2.45, 2.75) is 0 Å². The van der Waals surface area contributed by atoms with Crippen LogP contribution in [0.3, 0.4) is 0 Å². The molecule has 1 aromatic carbocycles. The smallest absolute Gasteiger partial charge is 0.244 e. The second-order valence-electron chi connectivity index (χ2n) is 4.18. The maximum absolute atomic E-state index is 11.8. The van der Waals surface area contributed by atoms with E-state index >= 15 is 0 Å². The maximum atomic E-state index is 11.8. The first kappa shape index (κ1) is 14.5. The second-order valence-corrected chi connectivity index (χ2v) is 6.60. The number of carbonyl (C=O) groups excluding carboxylic acids is 1. The zero-order chi connectivity index (χ0) is 14.8. The van der Waals surface area contributed by atoms with Gasteiger partial charge in [0.2, 0.25) is 5.12 Å². The van der Waals surface area contributed by atoms with Crippen molar-refractivity contribution < 1.29 is 9.21 Å². The van der Waals surface area contributed by atoms with Crippen molar-refractivity contribution in [2.75, 3.05) is 6.26 Å². The Hall–Kier alpha value is -1.43. The summed E-state index contributed by atoms with van der Waals surface area (Å²) in [7, 11) is 0. The van der Waals surface area contributed by atoms with Crippen molar-refractivity contribution in [3.63, 3.8) is 0 Å². The number of aliphatic imine (C=N–C) groups is 1. The lowest BCUT2D eigenvalue weighted by molar-refractivity contribution is -0.107. The molecule has 1 aliphatic rings. The van der Waals surface area contributed by atoms with Crippen molar-refractivity contribution in [1.29, 1.82) is 0 Å². The highest BCUT2D eigenvalue weighted by atomic mass is 35.5. The van der Waals surface area contributed by atoms with Crippen molar-refractivity contribution in [3.8, 4) is 11.3 Å². The Bertz CT molecular complexity index is 765. The van der Waals surface area contributed by atoms with Gasteiger partial charge in [-0.25, -0.2) is 4.99 Å². The topological polar surface area (TPSA) is 42.6 Å². The Morgan fingerprint density at radius 2 is 2.10 bits per heavy atom. The number of hydrogen-bond acceptors (Lipinski definition) is 5. The van der Waals surface area contributed by atoms with Crippen molar-refractivity contribution in [1.82, 2.24) is 0 Å². The lowest BCUT2D eigenvalue weighted by Crippen LogP contribution is -1.86. The molecule has 2 aromatic rings. The van der Waals surface area contributed by atoms with E-state index in [2.05, 4.69) is 4.99 Å². The fourth-order valence-corrected chi connectivity index (χ4v) is 3.34. The van der Waals surface area contributed by atoms with Gasteiger partial charge < -0.3 is 4.42 Å². The van der Waals surface area contributed by atoms with Crippen LogP contribution in [0.25, 0.3) is 17.4 Å². The van der Waals surface area contributed by atoms with Gasteiger partial charge in [0, 0.05) is 11.6 Å². The Labute approximate surface area is 135 Å². The molecule has 0 aliphatic carbocycles. The summed E-state index contributed by atoms with van der Waals surface area (Å²) < 4.78 is 6.49. The average Bonchev–Trinajstić information content (AvgIpc) is 3.07. The summed E-state index contributed by atoms with van der Waals surface area (Å²) in [5, 5.41) is 0.566. The van der Waals surface area contributed by atoms with Crippen LogP contribution in [0.15, 0.2) is 51.5 Å². The van der Waals surface area contributed by atoms with Crippen LogP contribution in [0.1, 0.15) is 5.76 Å². The van der Waals surface area contributed by atoms with Gasteiger partial charge in [0.1, 0.15) is 21.6 Å². The first-order valence-electron chi connectivity index (χ1n) is 6.08. The van der Waals surface area contributed by atoms with Crippen LogP contribution in [0.2, 0.25) is 5.02 Å². The molecule has 0 atom stereocenters. The van der Waals surface area contributed by atoms with E-state index in [0.717, 1.165) is 21.7 Å². The molecule has 0 N–H and O–H groups in total. The van der Waals surface area contributed by atoms with Gasteiger partial charge in [0.25, 0.3) is 0 Å². The zero-order valence-electron chi connectivity index (χ0n) is 11.0. The molecule has 2 heterocycles. The Morgan fingerprint density at radius 3 is 2.81 bits per heavy atom. The van der Waals surface area contributed by atoms with Crippen LogP contribution in [-0.2, 0) is 4.79 Å². The summed E-state index contributed by atoms with van der Waals surface area (Å²) in [4.78, 5) is 16.0. The van der Waals surface area contributed by atoms with E-state index in [9.17, 15) is 4.79 Å². The molecule has 3 nitrogen and oxygen atoms in total. The summed E-state index contributed by atoms with van der Waals surface area (Å²) >= 11 is 8.74. The van der Waals surface area contributed by atoms with E-state index in [1.165, 1.54) is 11.8 Å². The molecule has 0 saturated heterocycles. The highest BCUT2D eigenvalue weighted by Crippen LogP contribution is 2.32. The molecule has 21 heavy (non-hydrogen) atoms. The Morgan fingerprint density at radius 1 is 1.29 bits per heavy atom. The quantitative estimate of drug-likeness (QED) is 0.729. The third kappa shape index (κ3) is 3.10. The largest absolute Gasteiger partial charge is 0.457 e. The minimum atomic E-state index is -0.0601. The van der Waals surface area contributed by atoms with E-state index in [-0.39, 0.29) is 5.12 Å². The van der Waals surface area contributed by atoms with Crippen molar-refractivity contribution >= 4 is 50.7 Å². The van der Waals surface area contributed by atoms with Crippen LogP contribution in [0.5, 0.6) is 0 Å². The first-order valence-corrected chi connectivity index (χ1v) is 8.50. The standard InChI is InChI=1S/C15H10ClNO2S2/c1-20-15-17-12(14(18)21-15)8-9-6-7-13(19-9)10-4-2-3-5-11(10)16/h2-8H,1H3. The van der Waals surface area contributed by atoms with E-state index in [0.29, 0.717) is 22.2 Å². The maximum Gasteiger partial charge on any atom is 0.244 e. The molecule has 0 radical (unpaired) electrons. The highest BCUT2D eigenvalue weighted by molar-refractivity contribution is 8.45. The van der Waals surface area contributed by atoms with Gasteiger partial charge in [-0.1, -0.05) is 23.7 Å². The molecule has 0 amide bonds.